The molecule has 1 amide bonds. The van der Waals surface area contributed by atoms with Crippen molar-refractivity contribution in [1.29, 1.82) is 5.26 Å². The van der Waals surface area contributed by atoms with E-state index in [0.29, 0.717) is 23.6 Å². The highest BCUT2D eigenvalue weighted by atomic mass is 35.5. The second kappa shape index (κ2) is 7.31. The number of nitrogens with zero attached hydrogens (tertiary/aromatic N) is 1. The first-order valence-electron chi connectivity index (χ1n) is 6.98. The molecule has 4 heteroatoms. The molecule has 1 rings (SSSR count). The monoisotopic (exact) mass is 292 g/mol. The Morgan fingerprint density at radius 1 is 1.35 bits per heavy atom. The van der Waals surface area contributed by atoms with Crippen molar-refractivity contribution in [3.8, 4) is 6.07 Å². The first-order chi connectivity index (χ1) is 9.50. The average Bonchev–Trinajstić information content (AvgIpc) is 2.42. The van der Waals surface area contributed by atoms with Crippen LogP contribution in [0.2, 0.25) is 5.02 Å². The normalized spacial score (nSPS) is 10.9. The first-order valence-corrected chi connectivity index (χ1v) is 7.36. The molecule has 0 aromatic heterocycles. The second-order valence-corrected chi connectivity index (χ2v) is 5.49. The van der Waals surface area contributed by atoms with Gasteiger partial charge in [0.25, 0.3) is 0 Å². The van der Waals surface area contributed by atoms with E-state index < -0.39 is 5.41 Å². The molecule has 0 aliphatic carbocycles. The summed E-state index contributed by atoms with van der Waals surface area (Å²) >= 11 is 6.12. The molecule has 0 saturated carbocycles. The van der Waals surface area contributed by atoms with Crippen LogP contribution in [-0.4, -0.2) is 5.91 Å². The van der Waals surface area contributed by atoms with Crippen LogP contribution in [0.4, 0.5) is 5.69 Å². The van der Waals surface area contributed by atoms with Crippen molar-refractivity contribution < 1.29 is 4.79 Å². The number of amides is 1. The maximum Gasteiger partial charge on any atom is 0.244 e. The molecule has 0 atom stereocenters. The van der Waals surface area contributed by atoms with Crippen LogP contribution in [0.25, 0.3) is 0 Å². The van der Waals surface area contributed by atoms with Crippen LogP contribution in [0, 0.1) is 23.7 Å². The van der Waals surface area contributed by atoms with Gasteiger partial charge in [-0.1, -0.05) is 50.4 Å². The van der Waals surface area contributed by atoms with Gasteiger partial charge in [-0.3, -0.25) is 4.79 Å². The van der Waals surface area contributed by atoms with Crippen molar-refractivity contribution >= 4 is 23.2 Å². The van der Waals surface area contributed by atoms with E-state index in [1.54, 1.807) is 6.07 Å². The van der Waals surface area contributed by atoms with Crippen LogP contribution in [0.15, 0.2) is 18.2 Å². The summed E-state index contributed by atoms with van der Waals surface area (Å²) in [5.41, 5.74) is 0.534. The van der Waals surface area contributed by atoms with Crippen LogP contribution in [0.5, 0.6) is 0 Å². The molecule has 0 aliphatic heterocycles. The van der Waals surface area contributed by atoms with Gasteiger partial charge in [0, 0.05) is 0 Å². The number of benzene rings is 1. The molecule has 1 aromatic rings. The molecule has 3 nitrogen and oxygen atoms in total. The summed E-state index contributed by atoms with van der Waals surface area (Å²) < 4.78 is 0. The van der Waals surface area contributed by atoms with Crippen molar-refractivity contribution in [2.45, 2.75) is 46.5 Å². The molecular formula is C16H21ClN2O. The number of anilines is 1. The van der Waals surface area contributed by atoms with Crippen LogP contribution < -0.4 is 5.32 Å². The number of para-hydroxylation sites is 1. The Bertz CT molecular complexity index is 493. The summed E-state index contributed by atoms with van der Waals surface area (Å²) in [7, 11) is 0. The average molecular weight is 293 g/mol. The van der Waals surface area contributed by atoms with Gasteiger partial charge in [0.05, 0.1) is 16.8 Å². The Balaban J connectivity index is 3.06. The number of rotatable bonds is 6. The third kappa shape index (κ3) is 3.52. The SMILES string of the molecule is CCCC(C#N)(CCC)C(=O)Nc1c(C)cccc1Cl. The molecule has 0 saturated heterocycles. The molecule has 0 heterocycles. The van der Waals surface area contributed by atoms with E-state index in [2.05, 4.69) is 11.4 Å². The van der Waals surface area contributed by atoms with E-state index in [-0.39, 0.29) is 5.91 Å². The van der Waals surface area contributed by atoms with E-state index in [1.807, 2.05) is 32.9 Å². The van der Waals surface area contributed by atoms with Crippen LogP contribution in [-0.2, 0) is 4.79 Å². The summed E-state index contributed by atoms with van der Waals surface area (Å²) in [6.45, 7) is 5.85. The Labute approximate surface area is 125 Å². The van der Waals surface area contributed by atoms with Crippen molar-refractivity contribution in [3.63, 3.8) is 0 Å². The van der Waals surface area contributed by atoms with Crippen LogP contribution >= 0.6 is 11.6 Å². The number of hydrogen-bond acceptors (Lipinski definition) is 2. The predicted octanol–water partition coefficient (Wildman–Crippen LogP) is 4.70. The second-order valence-electron chi connectivity index (χ2n) is 5.08. The lowest BCUT2D eigenvalue weighted by atomic mass is 9.79. The highest BCUT2D eigenvalue weighted by molar-refractivity contribution is 6.34. The highest BCUT2D eigenvalue weighted by Gasteiger charge is 2.37. The quantitative estimate of drug-likeness (QED) is 0.826. The Morgan fingerprint density at radius 3 is 2.40 bits per heavy atom. The van der Waals surface area contributed by atoms with Gasteiger partial charge >= 0.3 is 0 Å². The van der Waals surface area contributed by atoms with Crippen molar-refractivity contribution in [1.82, 2.24) is 0 Å². The number of nitriles is 1. The topological polar surface area (TPSA) is 52.9 Å². The van der Waals surface area contributed by atoms with E-state index in [9.17, 15) is 10.1 Å². The molecule has 1 aromatic carbocycles. The lowest BCUT2D eigenvalue weighted by molar-refractivity contribution is -0.123. The van der Waals surface area contributed by atoms with E-state index in [0.717, 1.165) is 18.4 Å². The summed E-state index contributed by atoms with van der Waals surface area (Å²) in [6.07, 6.45) is 2.71. The first kappa shape index (κ1) is 16.5. The van der Waals surface area contributed by atoms with Gasteiger partial charge in [0.2, 0.25) is 5.91 Å². The largest absolute Gasteiger partial charge is 0.323 e. The van der Waals surface area contributed by atoms with Crippen LogP contribution in [0.1, 0.15) is 45.1 Å². The van der Waals surface area contributed by atoms with Crippen molar-refractivity contribution in [2.24, 2.45) is 5.41 Å². The summed E-state index contributed by atoms with van der Waals surface area (Å²) in [4.78, 5) is 12.6. The number of carbonyl (C=O) groups is 1. The number of hydrogen-bond donors (Lipinski definition) is 1. The minimum absolute atomic E-state index is 0.250. The van der Waals surface area contributed by atoms with Gasteiger partial charge in [-0.2, -0.15) is 5.26 Å². The third-order valence-electron chi connectivity index (χ3n) is 3.46. The molecule has 1 N–H and O–H groups in total. The fourth-order valence-electron chi connectivity index (χ4n) is 2.39. The zero-order chi connectivity index (χ0) is 15.2. The van der Waals surface area contributed by atoms with Gasteiger partial charge in [-0.25, -0.2) is 0 Å². The fourth-order valence-corrected chi connectivity index (χ4v) is 2.66. The standard InChI is InChI=1S/C16H21ClN2O/c1-4-9-16(11-18,10-5-2)15(20)19-14-12(3)7-6-8-13(14)17/h6-8H,4-5,9-10H2,1-3H3,(H,19,20). The Hall–Kier alpha value is -1.53. The molecule has 0 aliphatic rings. The van der Waals surface area contributed by atoms with Gasteiger partial charge in [-0.15, -0.1) is 0 Å². The highest BCUT2D eigenvalue weighted by Crippen LogP contribution is 2.33. The zero-order valence-electron chi connectivity index (χ0n) is 12.3. The molecule has 0 bridgehead atoms. The van der Waals surface area contributed by atoms with Gasteiger partial charge in [0.1, 0.15) is 5.41 Å². The molecule has 0 spiro atoms. The summed E-state index contributed by atoms with van der Waals surface area (Å²) in [6, 6.07) is 7.68. The smallest absolute Gasteiger partial charge is 0.244 e. The van der Waals surface area contributed by atoms with Gasteiger partial charge in [-0.05, 0) is 31.4 Å². The molecule has 0 fully saturated rings. The fraction of sp³-hybridized carbons (Fsp3) is 0.500. The Morgan fingerprint density at radius 2 is 1.95 bits per heavy atom. The van der Waals surface area contributed by atoms with E-state index in [4.69, 9.17) is 11.6 Å². The van der Waals surface area contributed by atoms with Gasteiger partial charge < -0.3 is 5.32 Å². The number of carbonyl (C=O) groups excluding carboxylic acids is 1. The summed E-state index contributed by atoms with van der Waals surface area (Å²) in [5, 5.41) is 12.8. The molecular weight excluding hydrogens is 272 g/mol. The maximum absolute atomic E-state index is 12.6. The molecule has 0 unspecified atom stereocenters. The van der Waals surface area contributed by atoms with Crippen molar-refractivity contribution in [2.75, 3.05) is 5.32 Å². The van der Waals surface area contributed by atoms with Crippen molar-refractivity contribution in [3.05, 3.63) is 28.8 Å². The maximum atomic E-state index is 12.6. The van der Waals surface area contributed by atoms with Gasteiger partial charge in [0.15, 0.2) is 0 Å². The summed E-state index contributed by atoms with van der Waals surface area (Å²) in [5.74, 6) is -0.250. The molecule has 0 radical (unpaired) electrons. The predicted molar refractivity (Wildman–Crippen MR) is 82.7 cm³/mol. The minimum Gasteiger partial charge on any atom is -0.323 e. The molecule has 108 valence electrons. The van der Waals surface area contributed by atoms with E-state index in [1.165, 1.54) is 0 Å². The number of nitrogens with one attached hydrogen (secondary N) is 1. The molecule has 20 heavy (non-hydrogen) atoms. The number of aryl methyl sites for hydroxylation is 1. The number of halogens is 1. The minimum atomic E-state index is -0.963. The lowest BCUT2D eigenvalue weighted by Gasteiger charge is -2.25. The van der Waals surface area contributed by atoms with Crippen LogP contribution in [0.3, 0.4) is 0 Å². The zero-order valence-corrected chi connectivity index (χ0v) is 13.0. The lowest BCUT2D eigenvalue weighted by Crippen LogP contribution is -2.35. The van der Waals surface area contributed by atoms with E-state index >= 15 is 0 Å². The Kier molecular flexibility index (Phi) is 6.04. The third-order valence-corrected chi connectivity index (χ3v) is 3.78.